The molecule has 1 aromatic rings. The molecule has 0 spiro atoms. The van der Waals surface area contributed by atoms with Gasteiger partial charge >= 0.3 is 0 Å². The van der Waals surface area contributed by atoms with Crippen molar-refractivity contribution in [3.05, 3.63) is 11.5 Å². The van der Waals surface area contributed by atoms with Gasteiger partial charge in [0.1, 0.15) is 21.9 Å². The molecule has 124 valence electrons. The van der Waals surface area contributed by atoms with Crippen molar-refractivity contribution in [3.63, 3.8) is 0 Å². The van der Waals surface area contributed by atoms with Gasteiger partial charge in [-0.05, 0) is 12.8 Å². The van der Waals surface area contributed by atoms with E-state index in [-0.39, 0.29) is 5.75 Å². The lowest BCUT2D eigenvalue weighted by Crippen LogP contribution is -2.41. The first-order valence-electron chi connectivity index (χ1n) is 7.24. The van der Waals surface area contributed by atoms with Crippen LogP contribution in [0.2, 0.25) is 5.15 Å². The van der Waals surface area contributed by atoms with Crippen molar-refractivity contribution in [2.75, 3.05) is 49.3 Å². The van der Waals surface area contributed by atoms with Gasteiger partial charge in [0.05, 0.1) is 5.75 Å². The molecular formula is C13H22ClN5O2S. The van der Waals surface area contributed by atoms with Gasteiger partial charge in [-0.15, -0.1) is 0 Å². The van der Waals surface area contributed by atoms with E-state index < -0.39 is 9.84 Å². The fourth-order valence-corrected chi connectivity index (χ4v) is 3.30. The van der Waals surface area contributed by atoms with Crippen molar-refractivity contribution in [1.82, 2.24) is 14.9 Å². The highest BCUT2D eigenvalue weighted by atomic mass is 35.5. The van der Waals surface area contributed by atoms with Crippen LogP contribution in [0, 0.1) is 0 Å². The Morgan fingerprint density at radius 3 is 2.64 bits per heavy atom. The third-order valence-electron chi connectivity index (χ3n) is 3.76. The summed E-state index contributed by atoms with van der Waals surface area (Å²) in [6, 6.07) is 0.299. The quantitative estimate of drug-likeness (QED) is 0.745. The Hall–Kier alpha value is -1.12. The van der Waals surface area contributed by atoms with Gasteiger partial charge < -0.3 is 15.5 Å². The molecule has 7 nitrogen and oxygen atoms in total. The summed E-state index contributed by atoms with van der Waals surface area (Å²) in [5.74, 6) is 0.924. The number of aromatic nitrogens is 2. The molecule has 1 fully saturated rings. The van der Waals surface area contributed by atoms with Crippen LogP contribution in [0.4, 0.5) is 11.5 Å². The maximum atomic E-state index is 11.2. The summed E-state index contributed by atoms with van der Waals surface area (Å²) in [6.07, 6.45) is 4.59. The van der Waals surface area contributed by atoms with Gasteiger partial charge in [-0.2, -0.15) is 0 Å². The highest BCUT2D eigenvalue weighted by molar-refractivity contribution is 7.90. The van der Waals surface area contributed by atoms with Gasteiger partial charge in [0.15, 0.2) is 11.0 Å². The Balaban J connectivity index is 1.86. The van der Waals surface area contributed by atoms with E-state index >= 15 is 0 Å². The van der Waals surface area contributed by atoms with Crippen molar-refractivity contribution in [2.45, 2.75) is 18.9 Å². The minimum Gasteiger partial charge on any atom is -0.383 e. The Labute approximate surface area is 136 Å². The van der Waals surface area contributed by atoms with E-state index in [1.807, 2.05) is 0 Å². The van der Waals surface area contributed by atoms with E-state index in [9.17, 15) is 8.42 Å². The molecule has 2 N–H and O–H groups in total. The lowest BCUT2D eigenvalue weighted by atomic mass is 10.1. The number of halogens is 1. The number of sulfone groups is 1. The van der Waals surface area contributed by atoms with Crippen LogP contribution in [0.15, 0.2) is 6.33 Å². The largest absolute Gasteiger partial charge is 0.383 e. The number of hydrogen-bond donors (Lipinski definition) is 2. The van der Waals surface area contributed by atoms with E-state index in [1.165, 1.54) is 12.6 Å². The first-order valence-corrected chi connectivity index (χ1v) is 9.68. The van der Waals surface area contributed by atoms with Crippen molar-refractivity contribution in [1.29, 1.82) is 0 Å². The summed E-state index contributed by atoms with van der Waals surface area (Å²) in [6.45, 7) is 2.36. The third-order valence-corrected chi connectivity index (χ3v) is 4.97. The van der Waals surface area contributed by atoms with Crippen LogP contribution in [0.5, 0.6) is 0 Å². The molecule has 0 aromatic carbocycles. The molecule has 0 bridgehead atoms. The Morgan fingerprint density at radius 1 is 1.36 bits per heavy atom. The summed E-state index contributed by atoms with van der Waals surface area (Å²) in [4.78, 5) is 10.4. The van der Waals surface area contributed by atoms with Crippen molar-refractivity contribution in [2.24, 2.45) is 0 Å². The Kier molecular flexibility index (Phi) is 5.82. The van der Waals surface area contributed by atoms with E-state index in [1.54, 1.807) is 7.05 Å². The molecule has 2 heterocycles. The normalized spacial score (nSPS) is 17.4. The minimum atomic E-state index is -2.90. The highest BCUT2D eigenvalue weighted by Crippen LogP contribution is 2.27. The van der Waals surface area contributed by atoms with Crippen LogP contribution in [-0.2, 0) is 9.84 Å². The van der Waals surface area contributed by atoms with Gasteiger partial charge in [-0.1, -0.05) is 11.6 Å². The second-order valence-electron chi connectivity index (χ2n) is 5.53. The topological polar surface area (TPSA) is 87.2 Å². The number of hydrogen-bond acceptors (Lipinski definition) is 7. The van der Waals surface area contributed by atoms with Gasteiger partial charge in [-0.25, -0.2) is 18.4 Å². The van der Waals surface area contributed by atoms with Crippen LogP contribution in [-0.4, -0.2) is 68.0 Å². The van der Waals surface area contributed by atoms with Crippen LogP contribution in [0.25, 0.3) is 0 Å². The predicted octanol–water partition coefficient (Wildman–Crippen LogP) is 1.09. The van der Waals surface area contributed by atoms with E-state index in [4.69, 9.17) is 11.6 Å². The molecule has 2 rings (SSSR count). The SMILES string of the molecule is CNc1c(Cl)ncnc1NC1CCN(CCS(C)(=O)=O)CC1. The van der Waals surface area contributed by atoms with Crippen molar-refractivity contribution < 1.29 is 8.42 Å². The third kappa shape index (κ3) is 4.96. The summed E-state index contributed by atoms with van der Waals surface area (Å²) < 4.78 is 22.4. The maximum Gasteiger partial charge on any atom is 0.157 e. The molecule has 9 heteroatoms. The summed E-state index contributed by atoms with van der Waals surface area (Å²) in [7, 11) is -1.12. The average molecular weight is 348 g/mol. The molecule has 0 saturated carbocycles. The molecule has 0 radical (unpaired) electrons. The van der Waals surface area contributed by atoms with Gasteiger partial charge in [-0.3, -0.25) is 0 Å². The van der Waals surface area contributed by atoms with Crippen LogP contribution >= 0.6 is 11.6 Å². The number of piperidine rings is 1. The standard InChI is InChI=1S/C13H22ClN5O2S/c1-15-11-12(14)16-9-17-13(11)18-10-3-5-19(6-4-10)7-8-22(2,20)21/h9-10,15H,3-8H2,1-2H3,(H,16,17,18). The molecule has 1 aromatic heterocycles. The number of rotatable bonds is 6. The number of anilines is 2. The van der Waals surface area contributed by atoms with E-state index in [0.29, 0.717) is 29.2 Å². The van der Waals surface area contributed by atoms with Crippen molar-refractivity contribution in [3.8, 4) is 0 Å². The molecular weight excluding hydrogens is 326 g/mol. The lowest BCUT2D eigenvalue weighted by Gasteiger charge is -2.32. The molecule has 0 atom stereocenters. The van der Waals surface area contributed by atoms with Crippen LogP contribution in [0.3, 0.4) is 0 Å². The molecule has 0 amide bonds. The zero-order valence-corrected chi connectivity index (χ0v) is 14.4. The highest BCUT2D eigenvalue weighted by Gasteiger charge is 2.21. The number of nitrogens with zero attached hydrogens (tertiary/aromatic N) is 3. The van der Waals surface area contributed by atoms with Crippen LogP contribution < -0.4 is 10.6 Å². The molecule has 0 unspecified atom stereocenters. The van der Waals surface area contributed by atoms with Crippen LogP contribution in [0.1, 0.15) is 12.8 Å². The predicted molar refractivity (Wildman–Crippen MR) is 89.4 cm³/mol. The van der Waals surface area contributed by atoms with E-state index in [0.717, 1.165) is 25.9 Å². The molecule has 1 aliphatic rings. The Morgan fingerprint density at radius 2 is 2.05 bits per heavy atom. The van der Waals surface area contributed by atoms with Gasteiger partial charge in [0.2, 0.25) is 0 Å². The molecule has 1 aliphatic heterocycles. The first kappa shape index (κ1) is 17.2. The summed E-state index contributed by atoms with van der Waals surface area (Å²) in [5, 5.41) is 6.79. The first-order chi connectivity index (χ1) is 10.4. The number of nitrogens with one attached hydrogen (secondary N) is 2. The zero-order valence-electron chi connectivity index (χ0n) is 12.8. The summed E-state index contributed by atoms with van der Waals surface area (Å²) >= 11 is 6.04. The average Bonchev–Trinajstić information content (AvgIpc) is 2.46. The zero-order chi connectivity index (χ0) is 16.2. The monoisotopic (exact) mass is 347 g/mol. The van der Waals surface area contributed by atoms with Gasteiger partial charge in [0.25, 0.3) is 0 Å². The van der Waals surface area contributed by atoms with Gasteiger partial charge in [0, 0.05) is 39.0 Å². The van der Waals surface area contributed by atoms with E-state index in [2.05, 4.69) is 25.5 Å². The molecule has 22 heavy (non-hydrogen) atoms. The number of likely N-dealkylation sites (tertiary alicyclic amines) is 1. The summed E-state index contributed by atoms with van der Waals surface area (Å²) in [5.41, 5.74) is 0.698. The van der Waals surface area contributed by atoms with Crippen molar-refractivity contribution >= 4 is 32.9 Å². The Bertz CT molecular complexity index is 602. The molecule has 0 aliphatic carbocycles. The molecule has 1 saturated heterocycles. The maximum absolute atomic E-state index is 11.2. The second-order valence-corrected chi connectivity index (χ2v) is 8.15. The second kappa shape index (κ2) is 7.43. The fourth-order valence-electron chi connectivity index (χ4n) is 2.48. The smallest absolute Gasteiger partial charge is 0.157 e. The lowest BCUT2D eigenvalue weighted by molar-refractivity contribution is 0.230. The minimum absolute atomic E-state index is 0.219. The fraction of sp³-hybridized carbons (Fsp3) is 0.692.